The third-order valence-corrected chi connectivity index (χ3v) is 4.54. The summed E-state index contributed by atoms with van der Waals surface area (Å²) in [7, 11) is 3.85. The number of hydrogen-bond acceptors (Lipinski definition) is 7. The number of hydrogen-bond donors (Lipinski definition) is 0. The molecule has 142 valence electrons. The maximum atomic E-state index is 12.6. The van der Waals surface area contributed by atoms with Gasteiger partial charge in [0, 0.05) is 39.2 Å². The van der Waals surface area contributed by atoms with Crippen LogP contribution in [0.1, 0.15) is 62.4 Å². The van der Waals surface area contributed by atoms with Crippen LogP contribution in [0.15, 0.2) is 10.6 Å². The van der Waals surface area contributed by atoms with Crippen molar-refractivity contribution < 1.29 is 13.3 Å². The minimum absolute atomic E-state index is 0.0298. The van der Waals surface area contributed by atoms with E-state index in [0.717, 1.165) is 37.4 Å². The first kappa shape index (κ1) is 18.5. The quantitative estimate of drug-likeness (QED) is 0.803. The zero-order valence-corrected chi connectivity index (χ0v) is 15.5. The molecule has 0 spiro atoms. The Bertz CT molecular complexity index is 714. The molecule has 0 aliphatic carbocycles. The number of alkyl halides is 2. The predicted molar refractivity (Wildman–Crippen MR) is 93.9 cm³/mol. The van der Waals surface area contributed by atoms with E-state index >= 15 is 0 Å². The molecule has 0 aromatic carbocycles. The minimum atomic E-state index is -2.73. The molecule has 1 aliphatic heterocycles. The summed E-state index contributed by atoms with van der Waals surface area (Å²) in [6.07, 6.45) is -1.20. The summed E-state index contributed by atoms with van der Waals surface area (Å²) >= 11 is 0. The van der Waals surface area contributed by atoms with Crippen LogP contribution in [0.2, 0.25) is 0 Å². The molecule has 0 atom stereocenters. The van der Waals surface area contributed by atoms with Crippen LogP contribution in [0.5, 0.6) is 0 Å². The van der Waals surface area contributed by atoms with E-state index in [4.69, 9.17) is 0 Å². The lowest BCUT2D eigenvalue weighted by Gasteiger charge is -2.32. The van der Waals surface area contributed by atoms with Gasteiger partial charge in [-0.25, -0.2) is 4.98 Å². The van der Waals surface area contributed by atoms with Crippen molar-refractivity contribution in [3.8, 4) is 0 Å². The average molecular weight is 366 g/mol. The number of anilines is 2. The number of rotatable bonds is 5. The van der Waals surface area contributed by atoms with Gasteiger partial charge >= 0.3 is 6.43 Å². The van der Waals surface area contributed by atoms with Crippen molar-refractivity contribution in [3.63, 3.8) is 0 Å². The fourth-order valence-corrected chi connectivity index (χ4v) is 2.97. The molecule has 7 nitrogen and oxygen atoms in total. The average Bonchev–Trinajstić information content (AvgIpc) is 3.12. The molecule has 26 heavy (non-hydrogen) atoms. The van der Waals surface area contributed by atoms with E-state index in [1.54, 1.807) is 0 Å². The van der Waals surface area contributed by atoms with Crippen molar-refractivity contribution >= 4 is 11.8 Å². The third-order valence-electron chi connectivity index (χ3n) is 4.54. The van der Waals surface area contributed by atoms with Crippen molar-refractivity contribution in [1.82, 2.24) is 20.1 Å². The summed E-state index contributed by atoms with van der Waals surface area (Å²) in [5.74, 6) is 1.69. The maximum Gasteiger partial charge on any atom is 0.315 e. The Morgan fingerprint density at radius 1 is 1.15 bits per heavy atom. The van der Waals surface area contributed by atoms with Gasteiger partial charge in [-0.05, 0) is 18.8 Å². The highest BCUT2D eigenvalue weighted by Crippen LogP contribution is 2.30. The van der Waals surface area contributed by atoms with E-state index < -0.39 is 12.3 Å². The monoisotopic (exact) mass is 366 g/mol. The molecule has 1 saturated heterocycles. The summed E-state index contributed by atoms with van der Waals surface area (Å²) in [5.41, 5.74) is 1.00. The van der Waals surface area contributed by atoms with Crippen molar-refractivity contribution in [3.05, 3.63) is 23.5 Å². The highest BCUT2D eigenvalue weighted by molar-refractivity contribution is 5.46. The fourth-order valence-electron chi connectivity index (χ4n) is 2.97. The summed E-state index contributed by atoms with van der Waals surface area (Å²) in [6.45, 7) is 5.72. The zero-order valence-electron chi connectivity index (χ0n) is 15.5. The normalized spacial score (nSPS) is 15.9. The highest BCUT2D eigenvalue weighted by Gasteiger charge is 2.27. The topological polar surface area (TPSA) is 71.2 Å². The van der Waals surface area contributed by atoms with Crippen LogP contribution < -0.4 is 9.80 Å². The number of halogens is 2. The summed E-state index contributed by atoms with van der Waals surface area (Å²) in [5, 5.41) is 3.72. The van der Waals surface area contributed by atoms with Gasteiger partial charge < -0.3 is 14.3 Å². The highest BCUT2D eigenvalue weighted by atomic mass is 19.3. The second-order valence-electron chi connectivity index (χ2n) is 7.05. The molecule has 3 heterocycles. The van der Waals surface area contributed by atoms with Gasteiger partial charge in [0.05, 0.1) is 5.69 Å². The number of piperidine rings is 1. The lowest BCUT2D eigenvalue weighted by Crippen LogP contribution is -2.34. The second-order valence-corrected chi connectivity index (χ2v) is 7.05. The van der Waals surface area contributed by atoms with Gasteiger partial charge in [0.1, 0.15) is 5.82 Å². The molecule has 0 saturated carbocycles. The Morgan fingerprint density at radius 2 is 1.85 bits per heavy atom. The van der Waals surface area contributed by atoms with E-state index in [1.165, 1.54) is 0 Å². The summed E-state index contributed by atoms with van der Waals surface area (Å²) < 4.78 is 29.9. The molecule has 2 aromatic heterocycles. The Hall–Kier alpha value is -2.32. The predicted octanol–water partition coefficient (Wildman–Crippen LogP) is 3.37. The molecule has 0 N–H and O–H groups in total. The number of nitrogens with zero attached hydrogens (tertiary/aromatic N) is 6. The second kappa shape index (κ2) is 7.51. The van der Waals surface area contributed by atoms with Gasteiger partial charge in [-0.2, -0.15) is 18.7 Å². The van der Waals surface area contributed by atoms with Crippen LogP contribution in [0.3, 0.4) is 0 Å². The minimum Gasteiger partial charge on any atom is -0.356 e. The smallest absolute Gasteiger partial charge is 0.315 e. The molecule has 9 heteroatoms. The molecule has 1 fully saturated rings. The van der Waals surface area contributed by atoms with Crippen LogP contribution in [-0.2, 0) is 0 Å². The largest absolute Gasteiger partial charge is 0.356 e. The molecule has 1 aliphatic rings. The van der Waals surface area contributed by atoms with E-state index in [0.29, 0.717) is 17.7 Å². The van der Waals surface area contributed by atoms with Crippen molar-refractivity contribution in [1.29, 1.82) is 0 Å². The zero-order chi connectivity index (χ0) is 18.8. The van der Waals surface area contributed by atoms with Crippen LogP contribution in [0.4, 0.5) is 20.5 Å². The maximum absolute atomic E-state index is 12.6. The first-order valence-electron chi connectivity index (χ1n) is 8.78. The van der Waals surface area contributed by atoms with Crippen molar-refractivity contribution in [2.75, 3.05) is 37.0 Å². The lowest BCUT2D eigenvalue weighted by molar-refractivity contribution is 0.106. The molecule has 2 aromatic rings. The fraction of sp³-hybridized carbons (Fsp3) is 0.647. The standard InChI is InChI=1S/C17H24F2N6O/c1-10(2)12-9-13(21-17(20-12)24(3)4)25-7-5-11(6-8-25)15-22-16(14(18)19)26-23-15/h9-11,14H,5-8H2,1-4H3. The van der Waals surface area contributed by atoms with Gasteiger partial charge in [0.15, 0.2) is 5.82 Å². The van der Waals surface area contributed by atoms with Crippen LogP contribution in [0, 0.1) is 0 Å². The van der Waals surface area contributed by atoms with Crippen molar-refractivity contribution in [2.24, 2.45) is 0 Å². The van der Waals surface area contributed by atoms with Crippen molar-refractivity contribution in [2.45, 2.75) is 45.0 Å². The Kier molecular flexibility index (Phi) is 5.33. The first-order chi connectivity index (χ1) is 12.3. The third kappa shape index (κ3) is 3.91. The van der Waals surface area contributed by atoms with E-state index in [1.807, 2.05) is 25.1 Å². The Morgan fingerprint density at radius 3 is 2.38 bits per heavy atom. The molecular formula is C17H24F2N6O. The molecule has 0 unspecified atom stereocenters. The van der Waals surface area contributed by atoms with E-state index in [2.05, 4.69) is 43.4 Å². The molecule has 0 radical (unpaired) electrons. The number of aromatic nitrogens is 4. The van der Waals surface area contributed by atoms with Crippen LogP contribution in [-0.4, -0.2) is 47.3 Å². The van der Waals surface area contributed by atoms with E-state index in [9.17, 15) is 8.78 Å². The van der Waals surface area contributed by atoms with Crippen LogP contribution >= 0.6 is 0 Å². The SMILES string of the molecule is CC(C)c1cc(N2CCC(c3noc(C(F)F)n3)CC2)nc(N(C)C)n1. The molecule has 0 bridgehead atoms. The van der Waals surface area contributed by atoms with Gasteiger partial charge in [0.25, 0.3) is 5.89 Å². The lowest BCUT2D eigenvalue weighted by atomic mass is 9.96. The van der Waals surface area contributed by atoms with Gasteiger partial charge in [-0.15, -0.1) is 0 Å². The molecule has 0 amide bonds. The van der Waals surface area contributed by atoms with Crippen LogP contribution in [0.25, 0.3) is 0 Å². The Labute approximate surface area is 151 Å². The van der Waals surface area contributed by atoms with Gasteiger partial charge in [-0.3, -0.25) is 0 Å². The summed E-state index contributed by atoms with van der Waals surface area (Å²) in [4.78, 5) is 17.2. The first-order valence-corrected chi connectivity index (χ1v) is 8.78. The van der Waals surface area contributed by atoms with E-state index in [-0.39, 0.29) is 5.92 Å². The molecular weight excluding hydrogens is 342 g/mol. The molecule has 3 rings (SSSR count). The van der Waals surface area contributed by atoms with Gasteiger partial charge in [-0.1, -0.05) is 19.0 Å². The van der Waals surface area contributed by atoms with Gasteiger partial charge in [0.2, 0.25) is 5.95 Å². The summed E-state index contributed by atoms with van der Waals surface area (Å²) in [6, 6.07) is 2.03. The Balaban J connectivity index is 1.73.